The number of halogens is 3. The number of alkyl halides is 2. The number of carbonyl (C=O) groups is 1. The molecule has 3 aromatic rings. The molecule has 3 heterocycles. The van der Waals surface area contributed by atoms with Crippen molar-refractivity contribution in [3.05, 3.63) is 71.1 Å². The molecule has 0 atom stereocenters. The molecule has 158 valence electrons. The maximum atomic E-state index is 15.2. The number of hydrogen-bond acceptors (Lipinski definition) is 7. The van der Waals surface area contributed by atoms with E-state index < -0.39 is 29.2 Å². The number of amidine groups is 1. The van der Waals surface area contributed by atoms with Crippen LogP contribution in [-0.4, -0.2) is 40.4 Å². The van der Waals surface area contributed by atoms with Gasteiger partial charge in [-0.05, 0) is 48.9 Å². The van der Waals surface area contributed by atoms with Gasteiger partial charge in [0.05, 0.1) is 30.9 Å². The van der Waals surface area contributed by atoms with Crippen molar-refractivity contribution in [1.29, 1.82) is 0 Å². The number of ether oxygens (including phenoxy) is 1. The third-order valence-electron chi connectivity index (χ3n) is 4.58. The summed E-state index contributed by atoms with van der Waals surface area (Å²) >= 11 is 0. The highest BCUT2D eigenvalue weighted by Crippen LogP contribution is 2.35. The minimum absolute atomic E-state index is 0.0860. The zero-order chi connectivity index (χ0) is 22.2. The first-order valence-electron chi connectivity index (χ1n) is 9.17. The fourth-order valence-corrected chi connectivity index (χ4v) is 3.02. The van der Waals surface area contributed by atoms with E-state index in [-0.39, 0.29) is 16.9 Å². The first kappa shape index (κ1) is 20.5. The Kier molecular flexibility index (Phi) is 5.14. The second kappa shape index (κ2) is 7.78. The molecule has 0 fully saturated rings. The Morgan fingerprint density at radius 3 is 2.65 bits per heavy atom. The lowest BCUT2D eigenvalue weighted by Crippen LogP contribution is -2.22. The number of nitrogens with zero attached hydrogens (tertiary/aromatic N) is 4. The zero-order valence-electron chi connectivity index (χ0n) is 16.5. The average molecular weight is 427 g/mol. The highest BCUT2D eigenvalue weighted by molar-refractivity contribution is 6.09. The zero-order valence-corrected chi connectivity index (χ0v) is 16.5. The number of anilines is 1. The summed E-state index contributed by atoms with van der Waals surface area (Å²) in [5.74, 6) is -5.41. The predicted molar refractivity (Wildman–Crippen MR) is 108 cm³/mol. The molecular formula is C21H16F3N5O2. The van der Waals surface area contributed by atoms with Gasteiger partial charge in [0.2, 0.25) is 5.82 Å². The molecule has 0 saturated heterocycles. The molecule has 0 amide bonds. The van der Waals surface area contributed by atoms with Crippen molar-refractivity contribution in [3.8, 4) is 0 Å². The molecule has 4 rings (SSSR count). The lowest BCUT2D eigenvalue weighted by molar-refractivity contribution is 0.0285. The van der Waals surface area contributed by atoms with Crippen LogP contribution in [0.5, 0.6) is 0 Å². The van der Waals surface area contributed by atoms with E-state index in [4.69, 9.17) is 4.74 Å². The average Bonchev–Trinajstić information content (AvgIpc) is 3.17. The third-order valence-corrected chi connectivity index (χ3v) is 4.58. The number of carbonyl (C=O) groups excluding carboxylic acids is 1. The molecule has 7 nitrogen and oxygen atoms in total. The highest BCUT2D eigenvalue weighted by Gasteiger charge is 2.40. The van der Waals surface area contributed by atoms with E-state index in [1.165, 1.54) is 25.3 Å². The monoisotopic (exact) mass is 427 g/mol. The smallest absolute Gasteiger partial charge is 0.348 e. The largest absolute Gasteiger partial charge is 0.465 e. The number of rotatable bonds is 4. The number of methoxy groups -OCH3 is 1. The Hall–Kier alpha value is -3.82. The number of aliphatic imine (C=N–C) groups is 1. The Morgan fingerprint density at radius 1 is 1.19 bits per heavy atom. The van der Waals surface area contributed by atoms with Gasteiger partial charge in [-0.15, -0.1) is 0 Å². The van der Waals surface area contributed by atoms with Crippen LogP contribution in [-0.2, 0) is 10.7 Å². The summed E-state index contributed by atoms with van der Waals surface area (Å²) in [6.45, 7) is 2.37. The van der Waals surface area contributed by atoms with Gasteiger partial charge in [0.25, 0.3) is 0 Å². The number of hydrogen-bond donors (Lipinski definition) is 1. The fraction of sp³-hybridized carbons (Fsp3) is 0.190. The van der Waals surface area contributed by atoms with Crippen molar-refractivity contribution < 1.29 is 22.7 Å². The molecule has 0 bridgehead atoms. The van der Waals surface area contributed by atoms with E-state index >= 15 is 8.78 Å². The standard InChI is InChI=1S/C21H16F3N5O2/c1-11-7-17(26-9-11)28-18-14-5-3-12(19(30)31-2)8-15(14)27-20(29-18)21(23,24)16-6-4-13(22)10-25-16/h3-8,10H,9H2,1-2H3,(H,26,27,28,29). The molecule has 1 N–H and O–H groups in total. The second-order valence-corrected chi connectivity index (χ2v) is 6.87. The van der Waals surface area contributed by atoms with E-state index in [1.807, 2.05) is 6.92 Å². The van der Waals surface area contributed by atoms with Crippen LogP contribution in [0.3, 0.4) is 0 Å². The van der Waals surface area contributed by atoms with Crippen LogP contribution in [0, 0.1) is 5.82 Å². The summed E-state index contributed by atoms with van der Waals surface area (Å²) in [4.78, 5) is 27.6. The molecular weight excluding hydrogens is 411 g/mol. The number of pyridine rings is 1. The van der Waals surface area contributed by atoms with Gasteiger partial charge >= 0.3 is 11.9 Å². The van der Waals surface area contributed by atoms with E-state index in [2.05, 4.69) is 25.3 Å². The highest BCUT2D eigenvalue weighted by atomic mass is 19.3. The number of esters is 1. The lowest BCUT2D eigenvalue weighted by Gasteiger charge is -2.17. The van der Waals surface area contributed by atoms with Crippen molar-refractivity contribution in [2.45, 2.75) is 12.8 Å². The van der Waals surface area contributed by atoms with Crippen LogP contribution >= 0.6 is 0 Å². The maximum Gasteiger partial charge on any atom is 0.348 e. The summed E-state index contributed by atoms with van der Waals surface area (Å²) < 4.78 is 48.2. The summed E-state index contributed by atoms with van der Waals surface area (Å²) in [5, 5.41) is 3.35. The van der Waals surface area contributed by atoms with Gasteiger partial charge in [0.1, 0.15) is 23.2 Å². The Morgan fingerprint density at radius 2 is 2.00 bits per heavy atom. The van der Waals surface area contributed by atoms with Gasteiger partial charge in [-0.25, -0.2) is 19.2 Å². The molecule has 2 aromatic heterocycles. The summed E-state index contributed by atoms with van der Waals surface area (Å²) in [6.07, 6.45) is 2.47. The quantitative estimate of drug-likeness (QED) is 0.636. The van der Waals surface area contributed by atoms with Gasteiger partial charge in [0, 0.05) is 5.39 Å². The van der Waals surface area contributed by atoms with Crippen LogP contribution in [0.2, 0.25) is 0 Å². The molecule has 0 unspecified atom stereocenters. The molecule has 1 aromatic carbocycles. The van der Waals surface area contributed by atoms with Crippen molar-refractivity contribution in [3.63, 3.8) is 0 Å². The molecule has 10 heteroatoms. The molecule has 1 aliphatic heterocycles. The van der Waals surface area contributed by atoms with Crippen molar-refractivity contribution in [2.75, 3.05) is 19.0 Å². The van der Waals surface area contributed by atoms with Crippen LogP contribution in [0.25, 0.3) is 10.9 Å². The lowest BCUT2D eigenvalue weighted by atomic mass is 10.1. The van der Waals surface area contributed by atoms with Gasteiger partial charge < -0.3 is 10.1 Å². The maximum absolute atomic E-state index is 15.2. The summed E-state index contributed by atoms with van der Waals surface area (Å²) in [7, 11) is 1.21. The molecule has 31 heavy (non-hydrogen) atoms. The van der Waals surface area contributed by atoms with Gasteiger partial charge in [-0.2, -0.15) is 8.78 Å². The molecule has 1 aliphatic rings. The van der Waals surface area contributed by atoms with E-state index in [0.29, 0.717) is 24.0 Å². The first-order valence-corrected chi connectivity index (χ1v) is 9.17. The second-order valence-electron chi connectivity index (χ2n) is 6.87. The topological polar surface area (TPSA) is 89.4 Å². The minimum Gasteiger partial charge on any atom is -0.465 e. The summed E-state index contributed by atoms with van der Waals surface area (Å²) in [5.41, 5.74) is 0.520. The van der Waals surface area contributed by atoms with Crippen LogP contribution in [0.1, 0.15) is 28.8 Å². The van der Waals surface area contributed by atoms with Crippen LogP contribution in [0.4, 0.5) is 19.0 Å². The molecule has 0 spiro atoms. The van der Waals surface area contributed by atoms with Gasteiger partial charge in [-0.3, -0.25) is 9.98 Å². The fourth-order valence-electron chi connectivity index (χ4n) is 3.02. The normalized spacial score (nSPS) is 13.7. The number of nitrogens with one attached hydrogen (secondary N) is 1. The minimum atomic E-state index is -3.72. The molecule has 0 radical (unpaired) electrons. The Balaban J connectivity index is 1.88. The van der Waals surface area contributed by atoms with Crippen molar-refractivity contribution in [2.24, 2.45) is 4.99 Å². The van der Waals surface area contributed by atoms with Crippen LogP contribution in [0.15, 0.2) is 53.2 Å². The van der Waals surface area contributed by atoms with Crippen molar-refractivity contribution >= 4 is 28.5 Å². The SMILES string of the molecule is COC(=O)c1ccc2c(NC3=NCC(C)=C3)nc(C(F)(F)c3ccc(F)cn3)nc2c1. The Labute approximate surface area is 174 Å². The van der Waals surface area contributed by atoms with E-state index in [9.17, 15) is 9.18 Å². The Bertz CT molecular complexity index is 1240. The van der Waals surface area contributed by atoms with E-state index in [0.717, 1.165) is 17.7 Å². The first-order chi connectivity index (χ1) is 14.8. The number of benzene rings is 1. The number of aromatic nitrogens is 3. The van der Waals surface area contributed by atoms with Gasteiger partial charge in [-0.1, -0.05) is 0 Å². The van der Waals surface area contributed by atoms with Gasteiger partial charge in [0.15, 0.2) is 0 Å². The molecule has 0 aliphatic carbocycles. The third kappa shape index (κ3) is 3.96. The van der Waals surface area contributed by atoms with Crippen molar-refractivity contribution in [1.82, 2.24) is 15.0 Å². The molecule has 0 saturated carbocycles. The predicted octanol–water partition coefficient (Wildman–Crippen LogP) is 3.86. The van der Waals surface area contributed by atoms with Crippen LogP contribution < -0.4 is 5.32 Å². The van der Waals surface area contributed by atoms with E-state index in [1.54, 1.807) is 6.08 Å². The summed E-state index contributed by atoms with van der Waals surface area (Å²) in [6, 6.07) is 6.11. The number of fused-ring (bicyclic) bond motifs is 1.